The van der Waals surface area contributed by atoms with Crippen LogP contribution in [0.25, 0.3) is 11.1 Å². The van der Waals surface area contributed by atoms with Crippen molar-refractivity contribution >= 4 is 11.6 Å². The third-order valence-electron chi connectivity index (χ3n) is 2.84. The number of halogens is 1. The molecule has 0 bridgehead atoms. The normalized spacial score (nSPS) is 10.2. The summed E-state index contributed by atoms with van der Waals surface area (Å²) < 4.78 is 13.3. The lowest BCUT2D eigenvalue weighted by atomic mass is 10.0. The maximum Gasteiger partial charge on any atom is 0.236 e. The van der Waals surface area contributed by atoms with Crippen LogP contribution in [0, 0.1) is 5.82 Å². The highest BCUT2D eigenvalue weighted by molar-refractivity contribution is 5.84. The largest absolute Gasteiger partial charge is 0.368 e. The fraction of sp³-hybridized carbons (Fsp3) is 0.133. The third-order valence-corrected chi connectivity index (χ3v) is 2.84. The second-order valence-corrected chi connectivity index (χ2v) is 4.35. The van der Waals surface area contributed by atoms with Crippen molar-refractivity contribution < 1.29 is 9.18 Å². The highest BCUT2D eigenvalue weighted by atomic mass is 19.1. The van der Waals surface area contributed by atoms with Gasteiger partial charge < -0.3 is 10.6 Å². The molecule has 0 saturated carbocycles. The molecule has 0 saturated heterocycles. The van der Waals surface area contributed by atoms with Crippen LogP contribution in [0.3, 0.4) is 0 Å². The molecule has 0 spiro atoms. The molecule has 0 aliphatic carbocycles. The monoisotopic (exact) mass is 258 g/mol. The summed E-state index contributed by atoms with van der Waals surface area (Å²) in [5.41, 5.74) is 7.68. The lowest BCUT2D eigenvalue weighted by molar-refractivity contribution is -0.116. The molecule has 0 heterocycles. The number of likely N-dealkylation sites (N-methyl/N-ethyl adjacent to an activating group) is 1. The number of carbonyl (C=O) groups excluding carboxylic acids is 1. The van der Waals surface area contributed by atoms with Crippen molar-refractivity contribution in [1.82, 2.24) is 0 Å². The lowest BCUT2D eigenvalue weighted by Gasteiger charge is -2.21. The van der Waals surface area contributed by atoms with E-state index < -0.39 is 5.91 Å². The Morgan fingerprint density at radius 3 is 2.63 bits per heavy atom. The Labute approximate surface area is 111 Å². The van der Waals surface area contributed by atoms with Crippen molar-refractivity contribution in [3.63, 3.8) is 0 Å². The molecule has 0 aliphatic rings. The Hall–Kier alpha value is -2.36. The van der Waals surface area contributed by atoms with Crippen molar-refractivity contribution in [2.45, 2.75) is 0 Å². The fourth-order valence-electron chi connectivity index (χ4n) is 2.03. The fourth-order valence-corrected chi connectivity index (χ4v) is 2.03. The molecule has 19 heavy (non-hydrogen) atoms. The van der Waals surface area contributed by atoms with Gasteiger partial charge in [0.1, 0.15) is 5.82 Å². The number of benzene rings is 2. The van der Waals surface area contributed by atoms with E-state index in [4.69, 9.17) is 5.73 Å². The van der Waals surface area contributed by atoms with Gasteiger partial charge in [0.25, 0.3) is 0 Å². The molecule has 0 aromatic heterocycles. The van der Waals surface area contributed by atoms with Gasteiger partial charge >= 0.3 is 0 Å². The van der Waals surface area contributed by atoms with Crippen LogP contribution in [0.2, 0.25) is 0 Å². The summed E-state index contributed by atoms with van der Waals surface area (Å²) in [4.78, 5) is 12.8. The molecule has 1 amide bonds. The number of carbonyl (C=O) groups is 1. The minimum absolute atomic E-state index is 0.117. The SMILES string of the molecule is CN(CC(N)=O)c1ccccc1-c1cccc(F)c1. The number of nitrogens with two attached hydrogens (primary N) is 1. The van der Waals surface area contributed by atoms with E-state index in [1.54, 1.807) is 18.0 Å². The highest BCUT2D eigenvalue weighted by Crippen LogP contribution is 2.30. The summed E-state index contributed by atoms with van der Waals surface area (Å²) in [5.74, 6) is -0.693. The van der Waals surface area contributed by atoms with Gasteiger partial charge in [-0.05, 0) is 23.8 Å². The average molecular weight is 258 g/mol. The predicted molar refractivity (Wildman–Crippen MR) is 74.3 cm³/mol. The topological polar surface area (TPSA) is 46.3 Å². The van der Waals surface area contributed by atoms with Crippen LogP contribution in [-0.4, -0.2) is 19.5 Å². The summed E-state index contributed by atoms with van der Waals surface area (Å²) >= 11 is 0. The summed E-state index contributed by atoms with van der Waals surface area (Å²) in [7, 11) is 1.78. The van der Waals surface area contributed by atoms with E-state index in [1.807, 2.05) is 30.3 Å². The Morgan fingerprint density at radius 1 is 1.21 bits per heavy atom. The van der Waals surface area contributed by atoms with E-state index in [-0.39, 0.29) is 12.4 Å². The first-order chi connectivity index (χ1) is 9.08. The molecule has 0 fully saturated rings. The molecule has 98 valence electrons. The maximum atomic E-state index is 13.3. The molecule has 0 atom stereocenters. The number of anilines is 1. The van der Waals surface area contributed by atoms with Gasteiger partial charge in [-0.2, -0.15) is 0 Å². The Bertz CT molecular complexity index is 598. The first kappa shape index (κ1) is 13.1. The third kappa shape index (κ3) is 3.10. The van der Waals surface area contributed by atoms with Gasteiger partial charge in [0, 0.05) is 18.3 Å². The molecule has 4 heteroatoms. The van der Waals surface area contributed by atoms with Crippen LogP contribution in [0.5, 0.6) is 0 Å². The number of rotatable bonds is 4. The maximum absolute atomic E-state index is 13.3. The van der Waals surface area contributed by atoms with Crippen molar-refractivity contribution in [3.05, 3.63) is 54.3 Å². The first-order valence-electron chi connectivity index (χ1n) is 5.92. The quantitative estimate of drug-likeness (QED) is 0.915. The zero-order chi connectivity index (χ0) is 13.8. The summed E-state index contributed by atoms with van der Waals surface area (Å²) in [6, 6.07) is 13.9. The van der Waals surface area contributed by atoms with E-state index >= 15 is 0 Å². The van der Waals surface area contributed by atoms with Crippen LogP contribution >= 0.6 is 0 Å². The lowest BCUT2D eigenvalue weighted by Crippen LogP contribution is -2.30. The van der Waals surface area contributed by atoms with Gasteiger partial charge in [0.2, 0.25) is 5.91 Å². The summed E-state index contributed by atoms with van der Waals surface area (Å²) in [6.45, 7) is 0.117. The molecule has 0 radical (unpaired) electrons. The van der Waals surface area contributed by atoms with Crippen molar-refractivity contribution in [2.75, 3.05) is 18.5 Å². The van der Waals surface area contributed by atoms with Gasteiger partial charge in [0.15, 0.2) is 0 Å². The number of para-hydroxylation sites is 1. The van der Waals surface area contributed by atoms with E-state index in [0.717, 1.165) is 16.8 Å². The number of hydrogen-bond donors (Lipinski definition) is 1. The average Bonchev–Trinajstić information content (AvgIpc) is 2.38. The molecule has 0 unspecified atom stereocenters. The van der Waals surface area contributed by atoms with Gasteiger partial charge in [-0.15, -0.1) is 0 Å². The number of hydrogen-bond acceptors (Lipinski definition) is 2. The predicted octanol–water partition coefficient (Wildman–Crippen LogP) is 2.41. The molecule has 2 aromatic rings. The smallest absolute Gasteiger partial charge is 0.236 e. The van der Waals surface area contributed by atoms with Gasteiger partial charge in [0.05, 0.1) is 6.54 Å². The minimum atomic E-state index is -0.406. The summed E-state index contributed by atoms with van der Waals surface area (Å²) in [5, 5.41) is 0. The van der Waals surface area contributed by atoms with E-state index in [9.17, 15) is 9.18 Å². The molecular weight excluding hydrogens is 243 g/mol. The van der Waals surface area contributed by atoms with Crippen LogP contribution in [0.15, 0.2) is 48.5 Å². The number of amides is 1. The number of primary amides is 1. The second-order valence-electron chi connectivity index (χ2n) is 4.35. The van der Waals surface area contributed by atoms with Crippen LogP contribution in [-0.2, 0) is 4.79 Å². The zero-order valence-corrected chi connectivity index (χ0v) is 10.6. The van der Waals surface area contributed by atoms with Crippen LogP contribution < -0.4 is 10.6 Å². The standard InChI is InChI=1S/C15H15FN2O/c1-18(10-15(17)19)14-8-3-2-7-13(14)11-5-4-6-12(16)9-11/h2-9H,10H2,1H3,(H2,17,19). The van der Waals surface area contributed by atoms with Gasteiger partial charge in [-0.3, -0.25) is 4.79 Å². The highest BCUT2D eigenvalue weighted by Gasteiger charge is 2.10. The Balaban J connectivity index is 2.44. The molecule has 2 aromatic carbocycles. The summed E-state index contributed by atoms with van der Waals surface area (Å²) in [6.07, 6.45) is 0. The molecule has 2 N–H and O–H groups in total. The molecular formula is C15H15FN2O. The van der Waals surface area contributed by atoms with E-state index in [2.05, 4.69) is 0 Å². The zero-order valence-electron chi connectivity index (χ0n) is 10.6. The molecule has 2 rings (SSSR count). The molecule has 3 nitrogen and oxygen atoms in total. The van der Waals surface area contributed by atoms with Gasteiger partial charge in [-0.25, -0.2) is 4.39 Å². The van der Waals surface area contributed by atoms with E-state index in [1.165, 1.54) is 12.1 Å². The Kier molecular flexibility index (Phi) is 3.80. The van der Waals surface area contributed by atoms with Crippen LogP contribution in [0.4, 0.5) is 10.1 Å². The van der Waals surface area contributed by atoms with Crippen molar-refractivity contribution in [2.24, 2.45) is 5.73 Å². The number of nitrogens with zero attached hydrogens (tertiary/aromatic N) is 1. The van der Waals surface area contributed by atoms with Crippen molar-refractivity contribution in [3.8, 4) is 11.1 Å². The minimum Gasteiger partial charge on any atom is -0.368 e. The second kappa shape index (κ2) is 5.52. The van der Waals surface area contributed by atoms with Crippen LogP contribution in [0.1, 0.15) is 0 Å². The molecule has 0 aliphatic heterocycles. The van der Waals surface area contributed by atoms with Gasteiger partial charge in [-0.1, -0.05) is 30.3 Å². The first-order valence-corrected chi connectivity index (χ1v) is 5.92. The van der Waals surface area contributed by atoms with E-state index in [0.29, 0.717) is 0 Å². The Morgan fingerprint density at radius 2 is 1.95 bits per heavy atom. The van der Waals surface area contributed by atoms with Crippen molar-refractivity contribution in [1.29, 1.82) is 0 Å².